The van der Waals surface area contributed by atoms with Crippen LogP contribution < -0.4 is 24.4 Å². The SMILES string of the molecule is CCCCCCCCCCCCCCn1c(-c2ccc(OCC)c(OCC)c2)c(OCC)c(=O)c2ccc(OCC)cc21. The Bertz CT molecular complexity index is 1300. The van der Waals surface area contributed by atoms with Crippen molar-refractivity contribution >= 4 is 10.9 Å². The smallest absolute Gasteiger partial charge is 0.231 e. The highest BCUT2D eigenvalue weighted by Crippen LogP contribution is 2.38. The van der Waals surface area contributed by atoms with Crippen molar-refractivity contribution in [2.45, 2.75) is 118 Å². The zero-order valence-corrected chi connectivity index (χ0v) is 27.5. The van der Waals surface area contributed by atoms with Gasteiger partial charge in [0.25, 0.3) is 0 Å². The number of aromatic nitrogens is 1. The molecule has 6 nitrogen and oxygen atoms in total. The van der Waals surface area contributed by atoms with Crippen LogP contribution in [0.15, 0.2) is 41.2 Å². The van der Waals surface area contributed by atoms with Gasteiger partial charge in [-0.25, -0.2) is 0 Å². The standard InChI is InChI=1S/C37H55NO5/c1-6-11-12-13-14-15-16-17-18-19-20-21-26-38-32-28-30(40-7-2)23-24-31(32)36(39)37(43-10-5)35(38)29-22-25-33(41-8-3)34(27-29)42-9-4/h22-25,27-28H,6-21,26H2,1-5H3. The molecule has 0 unspecified atom stereocenters. The first-order valence-corrected chi connectivity index (χ1v) is 17.0. The van der Waals surface area contributed by atoms with Crippen LogP contribution in [0.4, 0.5) is 0 Å². The number of aryl methyl sites for hydroxylation is 1. The Labute approximate surface area is 259 Å². The minimum Gasteiger partial charge on any atom is -0.494 e. The molecule has 0 aliphatic heterocycles. The highest BCUT2D eigenvalue weighted by Gasteiger charge is 2.22. The van der Waals surface area contributed by atoms with Crippen molar-refractivity contribution in [3.8, 4) is 34.3 Å². The Hall–Kier alpha value is -3.15. The zero-order chi connectivity index (χ0) is 30.9. The first-order chi connectivity index (χ1) is 21.1. The fraction of sp³-hybridized carbons (Fsp3) is 0.595. The van der Waals surface area contributed by atoms with Gasteiger partial charge in [-0.2, -0.15) is 0 Å². The highest BCUT2D eigenvalue weighted by atomic mass is 16.5. The van der Waals surface area contributed by atoms with E-state index in [1.54, 1.807) is 0 Å². The van der Waals surface area contributed by atoms with Crippen molar-refractivity contribution in [2.24, 2.45) is 0 Å². The molecule has 2 aromatic carbocycles. The number of hydrogen-bond acceptors (Lipinski definition) is 5. The molecular weight excluding hydrogens is 538 g/mol. The van der Waals surface area contributed by atoms with Gasteiger partial charge >= 0.3 is 0 Å². The lowest BCUT2D eigenvalue weighted by molar-refractivity contribution is 0.288. The lowest BCUT2D eigenvalue weighted by atomic mass is 10.0. The summed E-state index contributed by atoms with van der Waals surface area (Å²) in [6.45, 7) is 12.9. The van der Waals surface area contributed by atoms with Crippen LogP contribution in [0.2, 0.25) is 0 Å². The summed E-state index contributed by atoms with van der Waals surface area (Å²) in [5, 5.41) is 0.644. The van der Waals surface area contributed by atoms with Gasteiger partial charge in [0.1, 0.15) is 5.75 Å². The van der Waals surface area contributed by atoms with Gasteiger partial charge in [0.15, 0.2) is 17.2 Å². The molecule has 0 saturated heterocycles. The highest BCUT2D eigenvalue weighted by molar-refractivity contribution is 5.87. The molecule has 0 bridgehead atoms. The summed E-state index contributed by atoms with van der Waals surface area (Å²) in [6.07, 6.45) is 15.5. The van der Waals surface area contributed by atoms with Crippen molar-refractivity contribution in [2.75, 3.05) is 26.4 Å². The second-order valence-electron chi connectivity index (χ2n) is 11.1. The lowest BCUT2D eigenvalue weighted by Gasteiger charge is -2.22. The van der Waals surface area contributed by atoms with Crippen molar-refractivity contribution in [3.63, 3.8) is 0 Å². The van der Waals surface area contributed by atoms with E-state index < -0.39 is 0 Å². The summed E-state index contributed by atoms with van der Waals surface area (Å²) in [6, 6.07) is 11.7. The number of benzene rings is 2. The molecule has 3 rings (SSSR count). The summed E-state index contributed by atoms with van der Waals surface area (Å²) < 4.78 is 26.0. The van der Waals surface area contributed by atoms with E-state index in [-0.39, 0.29) is 5.43 Å². The Morgan fingerprint density at radius 3 is 1.77 bits per heavy atom. The third-order valence-electron chi connectivity index (χ3n) is 7.85. The molecule has 0 spiro atoms. The Morgan fingerprint density at radius 2 is 1.16 bits per heavy atom. The summed E-state index contributed by atoms with van der Waals surface area (Å²) in [4.78, 5) is 13.9. The van der Waals surface area contributed by atoms with Crippen LogP contribution in [0.5, 0.6) is 23.0 Å². The predicted octanol–water partition coefficient (Wildman–Crippen LogP) is 9.96. The first kappa shape index (κ1) is 34.3. The summed E-state index contributed by atoms with van der Waals surface area (Å²) in [5.74, 6) is 2.50. The van der Waals surface area contributed by atoms with Gasteiger partial charge < -0.3 is 23.5 Å². The molecule has 0 radical (unpaired) electrons. The number of nitrogens with zero attached hydrogens (tertiary/aromatic N) is 1. The molecule has 1 aromatic heterocycles. The van der Waals surface area contributed by atoms with Crippen molar-refractivity contribution < 1.29 is 18.9 Å². The molecule has 6 heteroatoms. The second-order valence-corrected chi connectivity index (χ2v) is 11.1. The zero-order valence-electron chi connectivity index (χ0n) is 27.5. The Kier molecular flexibility index (Phi) is 15.3. The average molecular weight is 594 g/mol. The third-order valence-corrected chi connectivity index (χ3v) is 7.85. The minimum atomic E-state index is -0.104. The van der Waals surface area contributed by atoms with Crippen LogP contribution in [0.1, 0.15) is 112 Å². The third kappa shape index (κ3) is 9.94. The van der Waals surface area contributed by atoms with Crippen molar-refractivity contribution in [1.29, 1.82) is 0 Å². The maximum atomic E-state index is 13.9. The van der Waals surface area contributed by atoms with E-state index in [4.69, 9.17) is 18.9 Å². The monoisotopic (exact) mass is 593 g/mol. The van der Waals surface area contributed by atoms with Crippen LogP contribution in [0, 0.1) is 0 Å². The molecule has 0 atom stereocenters. The predicted molar refractivity (Wildman–Crippen MR) is 179 cm³/mol. The van der Waals surface area contributed by atoms with E-state index in [1.807, 2.05) is 64.1 Å². The molecule has 0 amide bonds. The minimum absolute atomic E-state index is 0.104. The molecule has 0 fully saturated rings. The van der Waals surface area contributed by atoms with E-state index >= 15 is 0 Å². The fourth-order valence-corrected chi connectivity index (χ4v) is 5.76. The molecule has 0 saturated carbocycles. The van der Waals surface area contributed by atoms with Crippen LogP contribution in [-0.2, 0) is 6.54 Å². The average Bonchev–Trinajstić information content (AvgIpc) is 3.01. The summed E-state index contributed by atoms with van der Waals surface area (Å²) >= 11 is 0. The molecule has 238 valence electrons. The van der Waals surface area contributed by atoms with E-state index in [1.165, 1.54) is 64.2 Å². The van der Waals surface area contributed by atoms with Gasteiger partial charge in [-0.1, -0.05) is 77.6 Å². The number of ether oxygens (including phenoxy) is 4. The fourth-order valence-electron chi connectivity index (χ4n) is 5.76. The Balaban J connectivity index is 1.90. The normalized spacial score (nSPS) is 11.2. The van der Waals surface area contributed by atoms with Gasteiger partial charge in [0.2, 0.25) is 5.43 Å². The van der Waals surface area contributed by atoms with E-state index in [9.17, 15) is 4.79 Å². The molecule has 3 aromatic rings. The van der Waals surface area contributed by atoms with Crippen molar-refractivity contribution in [3.05, 3.63) is 46.6 Å². The van der Waals surface area contributed by atoms with Crippen molar-refractivity contribution in [1.82, 2.24) is 4.57 Å². The van der Waals surface area contributed by atoms with Gasteiger partial charge in [0, 0.05) is 23.6 Å². The number of unbranched alkanes of at least 4 members (excludes halogenated alkanes) is 11. The number of rotatable bonds is 22. The van der Waals surface area contributed by atoms with E-state index in [0.29, 0.717) is 49.1 Å². The van der Waals surface area contributed by atoms with Gasteiger partial charge in [-0.3, -0.25) is 4.79 Å². The van der Waals surface area contributed by atoms with E-state index in [0.717, 1.165) is 41.9 Å². The maximum Gasteiger partial charge on any atom is 0.231 e. The molecular formula is C37H55NO5. The quantitative estimate of drug-likeness (QED) is 0.109. The number of hydrogen-bond donors (Lipinski definition) is 0. The van der Waals surface area contributed by atoms with Gasteiger partial charge in [-0.05, 0) is 64.4 Å². The topological polar surface area (TPSA) is 58.9 Å². The van der Waals surface area contributed by atoms with Crippen LogP contribution in [0.25, 0.3) is 22.2 Å². The maximum absolute atomic E-state index is 13.9. The lowest BCUT2D eigenvalue weighted by Crippen LogP contribution is -2.17. The van der Waals surface area contributed by atoms with E-state index in [2.05, 4.69) is 11.5 Å². The Morgan fingerprint density at radius 1 is 0.581 bits per heavy atom. The second kappa shape index (κ2) is 19.2. The van der Waals surface area contributed by atoms with Crippen LogP contribution in [0.3, 0.4) is 0 Å². The molecule has 0 N–H and O–H groups in total. The first-order valence-electron chi connectivity index (χ1n) is 17.0. The van der Waals surface area contributed by atoms with Crippen LogP contribution >= 0.6 is 0 Å². The molecule has 0 aliphatic carbocycles. The van der Waals surface area contributed by atoms with Gasteiger partial charge in [-0.15, -0.1) is 0 Å². The van der Waals surface area contributed by atoms with Gasteiger partial charge in [0.05, 0.1) is 37.6 Å². The summed E-state index contributed by atoms with van der Waals surface area (Å²) in [5.41, 5.74) is 2.41. The molecule has 1 heterocycles. The van der Waals surface area contributed by atoms with Crippen LogP contribution in [-0.4, -0.2) is 31.0 Å². The largest absolute Gasteiger partial charge is 0.494 e. The molecule has 0 aliphatic rings. The summed E-state index contributed by atoms with van der Waals surface area (Å²) in [7, 11) is 0. The number of pyridine rings is 1. The molecule has 43 heavy (non-hydrogen) atoms. The number of fused-ring (bicyclic) bond motifs is 1.